The molecule has 1 aliphatic heterocycles. The van der Waals surface area contributed by atoms with Gasteiger partial charge in [-0.05, 0) is 44.4 Å². The van der Waals surface area contributed by atoms with Crippen molar-refractivity contribution in [3.05, 3.63) is 30.1 Å². The molecule has 152 valence electrons. The molecule has 1 fully saturated rings. The molecule has 3 aromatic rings. The Kier molecular flexibility index (Phi) is 5.48. The van der Waals surface area contributed by atoms with Crippen LogP contribution in [0.1, 0.15) is 25.3 Å². The van der Waals surface area contributed by atoms with E-state index in [0.717, 1.165) is 34.7 Å². The summed E-state index contributed by atoms with van der Waals surface area (Å²) in [5.41, 5.74) is 8.97. The van der Waals surface area contributed by atoms with E-state index >= 15 is 0 Å². The topological polar surface area (TPSA) is 106 Å². The maximum Gasteiger partial charge on any atom is 0.310 e. The van der Waals surface area contributed by atoms with Gasteiger partial charge in [0, 0.05) is 13.1 Å². The minimum Gasteiger partial charge on any atom is -0.466 e. The molecule has 0 saturated carbocycles. The molecule has 0 amide bonds. The fraction of sp³-hybridized carbons (Fsp3) is 0.400. The van der Waals surface area contributed by atoms with Gasteiger partial charge in [0.25, 0.3) is 0 Å². The number of ether oxygens (including phenoxy) is 1. The second kappa shape index (κ2) is 8.20. The lowest BCUT2D eigenvalue weighted by molar-refractivity contribution is -0.148. The third kappa shape index (κ3) is 4.09. The summed E-state index contributed by atoms with van der Waals surface area (Å²) in [5, 5.41) is 3.95. The molecule has 4 rings (SSSR count). The third-order valence-electron chi connectivity index (χ3n) is 4.97. The van der Waals surface area contributed by atoms with Gasteiger partial charge in [-0.3, -0.25) is 4.79 Å². The van der Waals surface area contributed by atoms with Gasteiger partial charge in [0.1, 0.15) is 12.0 Å². The lowest BCUT2D eigenvalue weighted by atomic mass is 9.98. The summed E-state index contributed by atoms with van der Waals surface area (Å²) in [6.45, 7) is 5.60. The van der Waals surface area contributed by atoms with E-state index in [1.54, 1.807) is 11.3 Å². The Morgan fingerprint density at radius 1 is 1.41 bits per heavy atom. The largest absolute Gasteiger partial charge is 0.466 e. The van der Waals surface area contributed by atoms with Crippen molar-refractivity contribution in [2.45, 2.75) is 26.7 Å². The number of carbonyl (C=O) groups is 1. The first-order valence-corrected chi connectivity index (χ1v) is 10.5. The van der Waals surface area contributed by atoms with Crippen LogP contribution < -0.4 is 16.0 Å². The number of nitrogen functional groups attached to an aromatic ring is 1. The number of nitrogens with two attached hydrogens (primary N) is 1. The van der Waals surface area contributed by atoms with Gasteiger partial charge in [-0.2, -0.15) is 0 Å². The molecular formula is C20H24N6O2S. The maximum atomic E-state index is 12.1. The molecule has 9 heteroatoms. The molecule has 8 nitrogen and oxygen atoms in total. The summed E-state index contributed by atoms with van der Waals surface area (Å²) < 4.78 is 6.29. The van der Waals surface area contributed by atoms with E-state index in [9.17, 15) is 4.79 Å². The van der Waals surface area contributed by atoms with E-state index in [-0.39, 0.29) is 11.9 Å². The van der Waals surface area contributed by atoms with Gasteiger partial charge in [0.15, 0.2) is 16.8 Å². The Hall–Kier alpha value is -2.94. The third-order valence-corrected chi connectivity index (χ3v) is 5.91. The number of thiazole rings is 1. The van der Waals surface area contributed by atoms with Crippen molar-refractivity contribution < 1.29 is 9.53 Å². The lowest BCUT2D eigenvalue weighted by Crippen LogP contribution is -2.40. The molecule has 29 heavy (non-hydrogen) atoms. The van der Waals surface area contributed by atoms with Crippen LogP contribution in [0.25, 0.3) is 10.2 Å². The first-order chi connectivity index (χ1) is 14.0. The fourth-order valence-electron chi connectivity index (χ4n) is 3.55. The molecule has 3 N–H and O–H groups in total. The van der Waals surface area contributed by atoms with Gasteiger partial charge in [0.2, 0.25) is 0 Å². The van der Waals surface area contributed by atoms with Crippen molar-refractivity contribution in [1.82, 2.24) is 15.0 Å². The van der Waals surface area contributed by atoms with Crippen LogP contribution in [0.3, 0.4) is 0 Å². The smallest absolute Gasteiger partial charge is 0.310 e. The summed E-state index contributed by atoms with van der Waals surface area (Å²) in [4.78, 5) is 27.5. The van der Waals surface area contributed by atoms with E-state index < -0.39 is 0 Å². The molecule has 1 aromatic carbocycles. The number of esters is 1. The summed E-state index contributed by atoms with van der Waals surface area (Å²) in [7, 11) is 0. The molecule has 1 unspecified atom stereocenters. The quantitative estimate of drug-likeness (QED) is 0.613. The molecule has 0 aliphatic carbocycles. The predicted molar refractivity (Wildman–Crippen MR) is 116 cm³/mol. The summed E-state index contributed by atoms with van der Waals surface area (Å²) in [6.07, 6.45) is 3.18. The number of nitrogens with one attached hydrogen (secondary N) is 1. The zero-order valence-electron chi connectivity index (χ0n) is 16.5. The fourth-order valence-corrected chi connectivity index (χ4v) is 4.51. The molecule has 1 atom stereocenters. The number of anilines is 4. The van der Waals surface area contributed by atoms with Gasteiger partial charge >= 0.3 is 5.97 Å². The van der Waals surface area contributed by atoms with Crippen LogP contribution in [0.2, 0.25) is 0 Å². The van der Waals surface area contributed by atoms with Crippen molar-refractivity contribution in [2.24, 2.45) is 5.92 Å². The molecular weight excluding hydrogens is 388 g/mol. The van der Waals surface area contributed by atoms with Crippen molar-refractivity contribution in [2.75, 3.05) is 35.6 Å². The monoisotopic (exact) mass is 412 g/mol. The van der Waals surface area contributed by atoms with Crippen LogP contribution in [0.15, 0.2) is 24.5 Å². The minimum absolute atomic E-state index is 0.159. The van der Waals surface area contributed by atoms with E-state index in [2.05, 4.69) is 33.3 Å². The number of aromatic nitrogens is 3. The number of fused-ring (bicyclic) bond motifs is 1. The zero-order chi connectivity index (χ0) is 20.4. The highest BCUT2D eigenvalue weighted by molar-refractivity contribution is 7.22. The Morgan fingerprint density at radius 3 is 3.10 bits per heavy atom. The first-order valence-electron chi connectivity index (χ1n) is 9.71. The molecule has 0 radical (unpaired) electrons. The van der Waals surface area contributed by atoms with Gasteiger partial charge in [0.05, 0.1) is 22.7 Å². The van der Waals surface area contributed by atoms with Gasteiger partial charge < -0.3 is 20.7 Å². The number of hydrogen-bond donors (Lipinski definition) is 2. The van der Waals surface area contributed by atoms with Crippen LogP contribution in [0, 0.1) is 12.8 Å². The minimum atomic E-state index is -0.165. The standard InChI is InChI=1S/C20H24N6O2S/c1-3-28-19(27)13-5-4-8-26(10-13)18-16(21)17(22-11-23-18)25-20-24-14-7-6-12(2)9-15(14)29-20/h6-7,9,11,13H,3-5,8,10,21H2,1-2H3,(H,22,23,24,25). The Labute approximate surface area is 173 Å². The van der Waals surface area contributed by atoms with Crippen molar-refractivity contribution in [3.8, 4) is 0 Å². The SMILES string of the molecule is CCOC(=O)C1CCCN(c2ncnc(Nc3nc4ccc(C)cc4s3)c2N)C1. The molecule has 1 aliphatic rings. The molecule has 3 heterocycles. The Balaban J connectivity index is 1.55. The molecule has 1 saturated heterocycles. The summed E-state index contributed by atoms with van der Waals surface area (Å²) >= 11 is 1.55. The number of aryl methyl sites for hydroxylation is 1. The van der Waals surface area contributed by atoms with Crippen molar-refractivity contribution in [3.63, 3.8) is 0 Å². The number of hydrogen-bond acceptors (Lipinski definition) is 9. The van der Waals surface area contributed by atoms with Crippen LogP contribution in [-0.4, -0.2) is 40.6 Å². The van der Waals surface area contributed by atoms with E-state index in [4.69, 9.17) is 10.5 Å². The van der Waals surface area contributed by atoms with Crippen LogP contribution >= 0.6 is 11.3 Å². The van der Waals surface area contributed by atoms with E-state index in [0.29, 0.717) is 30.5 Å². The van der Waals surface area contributed by atoms with Crippen molar-refractivity contribution in [1.29, 1.82) is 0 Å². The summed E-state index contributed by atoms with van der Waals surface area (Å²) in [6, 6.07) is 6.15. The van der Waals surface area contributed by atoms with Gasteiger partial charge in [-0.1, -0.05) is 17.4 Å². The number of carbonyl (C=O) groups excluding carboxylic acids is 1. The number of benzene rings is 1. The Bertz CT molecular complexity index is 1040. The van der Waals surface area contributed by atoms with Gasteiger partial charge in [-0.15, -0.1) is 0 Å². The number of rotatable bonds is 5. The van der Waals surface area contributed by atoms with E-state index in [1.807, 2.05) is 24.0 Å². The first kappa shape index (κ1) is 19.4. The van der Waals surface area contributed by atoms with Crippen LogP contribution in [-0.2, 0) is 9.53 Å². The molecule has 0 spiro atoms. The normalized spacial score (nSPS) is 16.8. The van der Waals surface area contributed by atoms with Crippen LogP contribution in [0.5, 0.6) is 0 Å². The molecule has 2 aromatic heterocycles. The predicted octanol–water partition coefficient (Wildman–Crippen LogP) is 3.50. The summed E-state index contributed by atoms with van der Waals surface area (Å²) in [5.74, 6) is 0.826. The van der Waals surface area contributed by atoms with Gasteiger partial charge in [-0.25, -0.2) is 15.0 Å². The second-order valence-corrected chi connectivity index (χ2v) is 8.14. The maximum absolute atomic E-state index is 12.1. The Morgan fingerprint density at radius 2 is 2.28 bits per heavy atom. The highest BCUT2D eigenvalue weighted by Gasteiger charge is 2.29. The number of piperidine rings is 1. The lowest BCUT2D eigenvalue weighted by Gasteiger charge is -2.33. The van der Waals surface area contributed by atoms with Crippen LogP contribution in [0.4, 0.5) is 22.5 Å². The average molecular weight is 413 g/mol. The average Bonchev–Trinajstić information content (AvgIpc) is 3.11. The molecule has 0 bridgehead atoms. The zero-order valence-corrected chi connectivity index (χ0v) is 17.3. The highest BCUT2D eigenvalue weighted by Crippen LogP contribution is 2.34. The van der Waals surface area contributed by atoms with Crippen molar-refractivity contribution >= 4 is 50.0 Å². The highest BCUT2D eigenvalue weighted by atomic mass is 32.1. The number of nitrogens with zero attached hydrogens (tertiary/aromatic N) is 4. The second-order valence-electron chi connectivity index (χ2n) is 7.11. The van der Waals surface area contributed by atoms with E-state index in [1.165, 1.54) is 11.9 Å².